The Balaban J connectivity index is 2.69. The Morgan fingerprint density at radius 3 is 2.64 bits per heavy atom. The number of rotatable bonds is 2. The molecule has 1 heterocycles. The third kappa shape index (κ3) is 2.25. The van der Waals surface area contributed by atoms with Gasteiger partial charge in [0.15, 0.2) is 0 Å². The van der Waals surface area contributed by atoms with Gasteiger partial charge in [-0.15, -0.1) is 0 Å². The molecule has 74 valence electrons. The van der Waals surface area contributed by atoms with Crippen molar-refractivity contribution >= 4 is 23.5 Å². The van der Waals surface area contributed by atoms with E-state index in [1.807, 2.05) is 0 Å². The number of carbonyl (C=O) groups is 3. The molecule has 0 bridgehead atoms. The van der Waals surface area contributed by atoms with Crippen molar-refractivity contribution in [3.05, 3.63) is 11.8 Å². The first kappa shape index (κ1) is 10.1. The Morgan fingerprint density at radius 1 is 1.50 bits per heavy atom. The van der Waals surface area contributed by atoms with Crippen LogP contribution >= 0.6 is 0 Å². The quantitative estimate of drug-likeness (QED) is 0.580. The summed E-state index contributed by atoms with van der Waals surface area (Å²) in [5.74, 6) is -2.63. The van der Waals surface area contributed by atoms with Gasteiger partial charge in [0.2, 0.25) is 5.91 Å². The summed E-state index contributed by atoms with van der Waals surface area (Å²) in [6.07, 6.45) is 1.63. The predicted molar refractivity (Wildman–Crippen MR) is 46.6 cm³/mol. The predicted octanol–water partition coefficient (Wildman–Crippen LogP) is -0.538. The average molecular weight is 196 g/mol. The fourth-order valence-electron chi connectivity index (χ4n) is 0.965. The molecule has 1 amide bonds. The summed E-state index contributed by atoms with van der Waals surface area (Å²) in [5.41, 5.74) is -0.138. The molecule has 0 fully saturated rings. The summed E-state index contributed by atoms with van der Waals surface area (Å²) in [6, 6.07) is 0. The highest BCUT2D eigenvalue weighted by atomic mass is 16.4. The highest BCUT2D eigenvalue weighted by Gasteiger charge is 2.21. The molecule has 0 aromatic heterocycles. The van der Waals surface area contributed by atoms with E-state index in [9.17, 15) is 14.4 Å². The van der Waals surface area contributed by atoms with Gasteiger partial charge in [-0.25, -0.2) is 9.79 Å². The van der Waals surface area contributed by atoms with Crippen molar-refractivity contribution in [1.29, 1.82) is 0 Å². The molecule has 0 radical (unpaired) electrons. The first-order chi connectivity index (χ1) is 6.50. The lowest BCUT2D eigenvalue weighted by Gasteiger charge is -1.97. The zero-order valence-corrected chi connectivity index (χ0v) is 7.40. The molecule has 0 atom stereocenters. The second-order valence-electron chi connectivity index (χ2n) is 2.67. The number of Topliss-reactive ketones (excluding diaryl/α,β-unsaturated/α-hetero) is 1. The van der Waals surface area contributed by atoms with E-state index in [0.717, 1.165) is 0 Å². The number of aliphatic imine (C=N–C) groups is 1. The summed E-state index contributed by atoms with van der Waals surface area (Å²) in [6.45, 7) is 1.31. The fraction of sp³-hybridized carbons (Fsp3) is 0.250. The third-order valence-electron chi connectivity index (χ3n) is 1.49. The van der Waals surface area contributed by atoms with Gasteiger partial charge in [-0.3, -0.25) is 9.59 Å². The van der Waals surface area contributed by atoms with Crippen molar-refractivity contribution in [2.45, 2.75) is 13.3 Å². The van der Waals surface area contributed by atoms with Gasteiger partial charge in [0.05, 0.1) is 0 Å². The zero-order chi connectivity index (χ0) is 10.7. The van der Waals surface area contributed by atoms with Crippen LogP contribution in [-0.2, 0) is 14.4 Å². The largest absolute Gasteiger partial charge is 0.475 e. The van der Waals surface area contributed by atoms with Gasteiger partial charge < -0.3 is 10.4 Å². The number of ketones is 1. The molecule has 1 rings (SSSR count). The van der Waals surface area contributed by atoms with Gasteiger partial charge in [-0.2, -0.15) is 0 Å². The number of nitrogens with one attached hydrogen (secondary N) is 1. The van der Waals surface area contributed by atoms with Crippen LogP contribution in [0.3, 0.4) is 0 Å². The Bertz CT molecular complexity index is 368. The Labute approximate surface area is 79.3 Å². The number of aliphatic carboxylic acids is 1. The lowest BCUT2D eigenvalue weighted by Crippen LogP contribution is -2.26. The summed E-state index contributed by atoms with van der Waals surface area (Å²) >= 11 is 0. The summed E-state index contributed by atoms with van der Waals surface area (Å²) in [7, 11) is 0. The summed E-state index contributed by atoms with van der Waals surface area (Å²) < 4.78 is 0. The molecule has 0 aromatic carbocycles. The van der Waals surface area contributed by atoms with E-state index in [1.165, 1.54) is 13.0 Å². The normalized spacial score (nSPS) is 14.4. The maximum Gasteiger partial charge on any atom is 0.378 e. The van der Waals surface area contributed by atoms with Gasteiger partial charge in [-0.05, 0) is 6.08 Å². The van der Waals surface area contributed by atoms with Gasteiger partial charge in [0.1, 0.15) is 11.5 Å². The molecule has 0 aliphatic carbocycles. The molecule has 6 heteroatoms. The van der Waals surface area contributed by atoms with Gasteiger partial charge >= 0.3 is 5.97 Å². The molecule has 0 unspecified atom stereocenters. The van der Waals surface area contributed by atoms with Gasteiger partial charge in [-0.1, -0.05) is 0 Å². The lowest BCUT2D eigenvalue weighted by atomic mass is 10.3. The van der Waals surface area contributed by atoms with Crippen molar-refractivity contribution in [1.82, 2.24) is 5.32 Å². The SMILES string of the molecule is CC(=O)NC1=NC(C(=O)C(=O)O)=CC1. The standard InChI is InChI=1S/C8H8N2O4/c1-4(11)9-6-3-2-5(10-6)7(12)8(13)14/h2H,3H2,1H3,(H,13,14)(H,9,10,11). The van der Waals surface area contributed by atoms with Crippen molar-refractivity contribution < 1.29 is 19.5 Å². The number of amidine groups is 1. The number of hydrogen-bond donors (Lipinski definition) is 2. The van der Waals surface area contributed by atoms with Crippen LogP contribution in [-0.4, -0.2) is 28.6 Å². The minimum atomic E-state index is -1.55. The topological polar surface area (TPSA) is 95.8 Å². The number of nitrogens with zero attached hydrogens (tertiary/aromatic N) is 1. The third-order valence-corrected chi connectivity index (χ3v) is 1.49. The fourth-order valence-corrected chi connectivity index (χ4v) is 0.965. The smallest absolute Gasteiger partial charge is 0.378 e. The maximum absolute atomic E-state index is 10.9. The average Bonchev–Trinajstić information content (AvgIpc) is 2.50. The van der Waals surface area contributed by atoms with Crippen LogP contribution in [0.5, 0.6) is 0 Å². The first-order valence-electron chi connectivity index (χ1n) is 3.83. The van der Waals surface area contributed by atoms with Crippen molar-refractivity contribution in [3.8, 4) is 0 Å². The van der Waals surface area contributed by atoms with E-state index in [0.29, 0.717) is 5.84 Å². The number of amides is 1. The minimum Gasteiger partial charge on any atom is -0.475 e. The molecule has 0 spiro atoms. The molecule has 14 heavy (non-hydrogen) atoms. The highest BCUT2D eigenvalue weighted by molar-refractivity contribution is 6.40. The van der Waals surface area contributed by atoms with Crippen LogP contribution in [0.4, 0.5) is 0 Å². The molecular weight excluding hydrogens is 188 g/mol. The van der Waals surface area contributed by atoms with Crippen LogP contribution in [0, 0.1) is 0 Å². The number of carboxylic acid groups (broad SMARTS) is 1. The molecule has 0 saturated heterocycles. The molecular formula is C8H8N2O4. The summed E-state index contributed by atoms with van der Waals surface area (Å²) in [5, 5.41) is 10.7. The van der Waals surface area contributed by atoms with E-state index in [4.69, 9.17) is 5.11 Å². The Kier molecular flexibility index (Phi) is 2.76. The van der Waals surface area contributed by atoms with E-state index in [-0.39, 0.29) is 18.0 Å². The van der Waals surface area contributed by atoms with Crippen molar-refractivity contribution in [3.63, 3.8) is 0 Å². The number of carbonyl (C=O) groups excluding carboxylic acids is 2. The summed E-state index contributed by atoms with van der Waals surface area (Å²) in [4.78, 5) is 35.4. The molecule has 2 N–H and O–H groups in total. The van der Waals surface area contributed by atoms with Crippen molar-refractivity contribution in [2.24, 2.45) is 4.99 Å². The molecule has 1 aliphatic rings. The molecule has 1 aliphatic heterocycles. The minimum absolute atomic E-state index is 0.138. The highest BCUT2D eigenvalue weighted by Crippen LogP contribution is 2.09. The monoisotopic (exact) mass is 196 g/mol. The van der Waals surface area contributed by atoms with Crippen molar-refractivity contribution in [2.75, 3.05) is 0 Å². The van der Waals surface area contributed by atoms with E-state index < -0.39 is 11.8 Å². The Morgan fingerprint density at radius 2 is 2.14 bits per heavy atom. The van der Waals surface area contributed by atoms with Crippen LogP contribution < -0.4 is 5.32 Å². The zero-order valence-electron chi connectivity index (χ0n) is 7.40. The second-order valence-corrected chi connectivity index (χ2v) is 2.67. The van der Waals surface area contributed by atoms with Crippen LogP contribution in [0.2, 0.25) is 0 Å². The molecule has 0 aromatic rings. The van der Waals surface area contributed by atoms with Crippen LogP contribution in [0.1, 0.15) is 13.3 Å². The first-order valence-corrected chi connectivity index (χ1v) is 3.83. The van der Waals surface area contributed by atoms with Gasteiger partial charge in [0.25, 0.3) is 5.78 Å². The van der Waals surface area contributed by atoms with E-state index in [1.54, 1.807) is 0 Å². The van der Waals surface area contributed by atoms with Crippen LogP contribution in [0.15, 0.2) is 16.8 Å². The van der Waals surface area contributed by atoms with Crippen LogP contribution in [0.25, 0.3) is 0 Å². The molecule has 6 nitrogen and oxygen atoms in total. The van der Waals surface area contributed by atoms with E-state index >= 15 is 0 Å². The molecule has 0 saturated carbocycles. The van der Waals surface area contributed by atoms with E-state index in [2.05, 4.69) is 10.3 Å². The number of hydrogen-bond acceptors (Lipinski definition) is 4. The Hall–Kier alpha value is -1.98. The maximum atomic E-state index is 10.9. The number of carboxylic acids is 1. The van der Waals surface area contributed by atoms with Gasteiger partial charge in [0, 0.05) is 13.3 Å². The second kappa shape index (κ2) is 3.82. The lowest BCUT2D eigenvalue weighted by molar-refractivity contribution is -0.147.